The minimum atomic E-state index is 0.389. The second-order valence-electron chi connectivity index (χ2n) is 7.46. The molecule has 0 atom stereocenters. The molecule has 0 aromatic heterocycles. The summed E-state index contributed by atoms with van der Waals surface area (Å²) in [4.78, 5) is 6.86. The number of hydrogen-bond donors (Lipinski definition) is 2. The third kappa shape index (κ3) is 7.39. The molecule has 1 aliphatic heterocycles. The molecule has 0 radical (unpaired) electrons. The van der Waals surface area contributed by atoms with Gasteiger partial charge in [0.1, 0.15) is 5.75 Å². The van der Waals surface area contributed by atoms with Crippen molar-refractivity contribution in [3.8, 4) is 5.75 Å². The van der Waals surface area contributed by atoms with E-state index in [4.69, 9.17) is 15.2 Å². The van der Waals surface area contributed by atoms with Crippen molar-refractivity contribution >= 4 is 5.96 Å². The summed E-state index contributed by atoms with van der Waals surface area (Å²) < 4.78 is 11.4. The van der Waals surface area contributed by atoms with Gasteiger partial charge in [-0.15, -0.1) is 0 Å². The molecule has 0 spiro atoms. The first-order valence-electron chi connectivity index (χ1n) is 10.4. The Morgan fingerprint density at radius 3 is 2.63 bits per heavy atom. The van der Waals surface area contributed by atoms with Gasteiger partial charge >= 0.3 is 0 Å². The Bertz CT molecular complexity index is 564. The predicted molar refractivity (Wildman–Crippen MR) is 109 cm³/mol. The summed E-state index contributed by atoms with van der Waals surface area (Å²) in [5.74, 6) is 1.48. The SMILES string of the molecule is NC(=NCc1ccc(OC2CCCCC2)cc1)NCCCN1CCOCC1. The topological polar surface area (TPSA) is 72.1 Å². The molecule has 0 bridgehead atoms. The smallest absolute Gasteiger partial charge is 0.188 e. The number of ether oxygens (including phenoxy) is 2. The first kappa shape index (κ1) is 20.0. The standard InChI is InChI=1S/C21H34N4O2/c22-21(23-11-4-12-25-13-15-26-16-14-25)24-17-18-7-9-20(10-8-18)27-19-5-2-1-3-6-19/h7-10,19H,1-6,11-17H2,(H3,22,23,24). The summed E-state index contributed by atoms with van der Waals surface area (Å²) in [5, 5.41) is 3.20. The van der Waals surface area contributed by atoms with E-state index < -0.39 is 0 Å². The summed E-state index contributed by atoms with van der Waals surface area (Å²) in [6, 6.07) is 8.25. The van der Waals surface area contributed by atoms with Crippen LogP contribution < -0.4 is 15.8 Å². The minimum absolute atomic E-state index is 0.389. The molecule has 1 aromatic carbocycles. The Balaban J connectivity index is 1.32. The number of nitrogens with one attached hydrogen (secondary N) is 1. The number of benzene rings is 1. The number of morpholine rings is 1. The van der Waals surface area contributed by atoms with Gasteiger partial charge in [0, 0.05) is 19.6 Å². The molecule has 2 fully saturated rings. The largest absolute Gasteiger partial charge is 0.490 e. The van der Waals surface area contributed by atoms with Crippen LogP contribution in [0.3, 0.4) is 0 Å². The van der Waals surface area contributed by atoms with Crippen LogP contribution in [0.2, 0.25) is 0 Å². The Hall–Kier alpha value is -1.79. The zero-order chi connectivity index (χ0) is 18.7. The van der Waals surface area contributed by atoms with E-state index in [2.05, 4.69) is 27.3 Å². The number of rotatable bonds is 8. The molecule has 1 aliphatic carbocycles. The van der Waals surface area contributed by atoms with Crippen molar-refractivity contribution in [2.24, 2.45) is 10.7 Å². The van der Waals surface area contributed by atoms with Crippen molar-refractivity contribution in [1.29, 1.82) is 0 Å². The molecule has 6 nitrogen and oxygen atoms in total. The molecule has 27 heavy (non-hydrogen) atoms. The first-order valence-corrected chi connectivity index (χ1v) is 10.4. The zero-order valence-electron chi connectivity index (χ0n) is 16.4. The van der Waals surface area contributed by atoms with Crippen molar-refractivity contribution in [3.05, 3.63) is 29.8 Å². The maximum absolute atomic E-state index is 6.07. The molecule has 0 amide bonds. The second kappa shape index (κ2) is 11.1. The third-order valence-corrected chi connectivity index (χ3v) is 5.27. The van der Waals surface area contributed by atoms with Gasteiger partial charge in [0.25, 0.3) is 0 Å². The van der Waals surface area contributed by atoms with E-state index in [1.165, 1.54) is 32.1 Å². The lowest BCUT2D eigenvalue weighted by molar-refractivity contribution is 0.0376. The number of nitrogens with two attached hydrogens (primary N) is 1. The van der Waals surface area contributed by atoms with E-state index in [0.717, 1.165) is 57.1 Å². The summed E-state index contributed by atoms with van der Waals surface area (Å²) >= 11 is 0. The van der Waals surface area contributed by atoms with E-state index >= 15 is 0 Å². The van der Waals surface area contributed by atoms with Crippen molar-refractivity contribution in [2.75, 3.05) is 39.4 Å². The highest BCUT2D eigenvalue weighted by Gasteiger charge is 2.14. The normalized spacial score (nSPS) is 19.8. The van der Waals surface area contributed by atoms with Gasteiger partial charge in [0.15, 0.2) is 5.96 Å². The average Bonchev–Trinajstić information content (AvgIpc) is 2.72. The Kier molecular flexibility index (Phi) is 8.24. The maximum atomic E-state index is 6.07. The summed E-state index contributed by atoms with van der Waals surface area (Å²) in [7, 11) is 0. The lowest BCUT2D eigenvalue weighted by Crippen LogP contribution is -2.39. The molecular formula is C21H34N4O2. The fourth-order valence-electron chi connectivity index (χ4n) is 3.63. The lowest BCUT2D eigenvalue weighted by Gasteiger charge is -2.26. The van der Waals surface area contributed by atoms with Crippen LogP contribution in [0, 0.1) is 0 Å². The average molecular weight is 375 g/mol. The first-order chi connectivity index (χ1) is 13.3. The van der Waals surface area contributed by atoms with Gasteiger partial charge in [-0.3, -0.25) is 4.90 Å². The van der Waals surface area contributed by atoms with Gasteiger partial charge in [-0.1, -0.05) is 18.6 Å². The second-order valence-corrected chi connectivity index (χ2v) is 7.46. The predicted octanol–water partition coefficient (Wildman–Crippen LogP) is 2.52. The van der Waals surface area contributed by atoms with E-state index in [1.54, 1.807) is 0 Å². The van der Waals surface area contributed by atoms with E-state index in [9.17, 15) is 0 Å². The van der Waals surface area contributed by atoms with E-state index in [1.807, 2.05) is 12.1 Å². The number of nitrogens with zero attached hydrogens (tertiary/aromatic N) is 2. The fraction of sp³-hybridized carbons (Fsp3) is 0.667. The van der Waals surface area contributed by atoms with Crippen molar-refractivity contribution in [1.82, 2.24) is 10.2 Å². The molecule has 6 heteroatoms. The summed E-state index contributed by atoms with van der Waals surface area (Å²) in [6.07, 6.45) is 7.73. The van der Waals surface area contributed by atoms with Crippen LogP contribution in [0.1, 0.15) is 44.1 Å². The Morgan fingerprint density at radius 1 is 1.15 bits per heavy atom. The van der Waals surface area contributed by atoms with Gasteiger partial charge in [0.2, 0.25) is 0 Å². The van der Waals surface area contributed by atoms with Crippen LogP contribution in [0.4, 0.5) is 0 Å². The summed E-state index contributed by atoms with van der Waals surface area (Å²) in [6.45, 7) is 6.27. The number of hydrogen-bond acceptors (Lipinski definition) is 4. The van der Waals surface area contributed by atoms with Crippen LogP contribution in [-0.2, 0) is 11.3 Å². The summed E-state index contributed by atoms with van der Waals surface area (Å²) in [5.41, 5.74) is 7.12. The Labute approximate surface area is 163 Å². The van der Waals surface area contributed by atoms with Crippen LogP contribution in [0.5, 0.6) is 5.75 Å². The van der Waals surface area contributed by atoms with Crippen LogP contribution in [-0.4, -0.2) is 56.4 Å². The van der Waals surface area contributed by atoms with Crippen LogP contribution >= 0.6 is 0 Å². The molecule has 1 aromatic rings. The highest BCUT2D eigenvalue weighted by atomic mass is 16.5. The third-order valence-electron chi connectivity index (χ3n) is 5.27. The van der Waals surface area contributed by atoms with E-state index in [0.29, 0.717) is 18.6 Å². The van der Waals surface area contributed by atoms with Gasteiger partial charge in [-0.25, -0.2) is 4.99 Å². The molecule has 150 valence electrons. The number of aliphatic imine (C=N–C) groups is 1. The maximum Gasteiger partial charge on any atom is 0.188 e. The van der Waals surface area contributed by atoms with Gasteiger partial charge in [-0.2, -0.15) is 0 Å². The van der Waals surface area contributed by atoms with Gasteiger partial charge < -0.3 is 20.5 Å². The van der Waals surface area contributed by atoms with Crippen molar-refractivity contribution in [3.63, 3.8) is 0 Å². The highest BCUT2D eigenvalue weighted by Crippen LogP contribution is 2.23. The van der Waals surface area contributed by atoms with Gasteiger partial charge in [0.05, 0.1) is 25.9 Å². The van der Waals surface area contributed by atoms with Crippen LogP contribution in [0.15, 0.2) is 29.3 Å². The molecule has 1 saturated heterocycles. The number of guanidine groups is 1. The molecule has 0 unspecified atom stereocenters. The van der Waals surface area contributed by atoms with Crippen LogP contribution in [0.25, 0.3) is 0 Å². The quantitative estimate of drug-likeness (QED) is 0.416. The fourth-order valence-corrected chi connectivity index (χ4v) is 3.63. The minimum Gasteiger partial charge on any atom is -0.490 e. The van der Waals surface area contributed by atoms with Gasteiger partial charge in [-0.05, 0) is 56.3 Å². The van der Waals surface area contributed by atoms with Crippen molar-refractivity contribution < 1.29 is 9.47 Å². The molecule has 1 saturated carbocycles. The molecule has 3 rings (SSSR count). The molecular weight excluding hydrogens is 340 g/mol. The molecule has 1 heterocycles. The zero-order valence-corrected chi connectivity index (χ0v) is 16.4. The Morgan fingerprint density at radius 2 is 1.89 bits per heavy atom. The van der Waals surface area contributed by atoms with Crippen molar-refractivity contribution in [2.45, 2.75) is 51.2 Å². The van der Waals surface area contributed by atoms with E-state index in [-0.39, 0.29) is 0 Å². The molecule has 3 N–H and O–H groups in total. The highest BCUT2D eigenvalue weighted by molar-refractivity contribution is 5.77. The lowest BCUT2D eigenvalue weighted by atomic mass is 9.98. The molecule has 2 aliphatic rings. The monoisotopic (exact) mass is 374 g/mol.